The van der Waals surface area contributed by atoms with Crippen molar-refractivity contribution in [1.29, 1.82) is 0 Å². The molecule has 2 aliphatic rings. The monoisotopic (exact) mass is 255 g/mol. The Labute approximate surface area is 107 Å². The molecule has 2 fully saturated rings. The van der Waals surface area contributed by atoms with Gasteiger partial charge in [0.25, 0.3) is 0 Å². The van der Waals surface area contributed by atoms with Crippen LogP contribution in [0.15, 0.2) is 0 Å². The third kappa shape index (κ3) is 2.86. The van der Waals surface area contributed by atoms with Crippen molar-refractivity contribution in [1.82, 2.24) is 15.5 Å². The molecule has 6 heteroatoms. The average Bonchev–Trinajstić information content (AvgIpc) is 2.59. The number of carbonyl (C=O) groups excluding carboxylic acids is 2. The SMILES string of the molecule is CC(C)(C)OC(=O)N1CCC2(CCNC(=O)N2)C1. The van der Waals surface area contributed by atoms with Crippen LogP contribution in [0, 0.1) is 0 Å². The molecule has 2 rings (SSSR count). The number of nitrogens with one attached hydrogen (secondary N) is 2. The van der Waals surface area contributed by atoms with Crippen LogP contribution in [0.3, 0.4) is 0 Å². The minimum atomic E-state index is -0.482. The van der Waals surface area contributed by atoms with Crippen molar-refractivity contribution in [3.63, 3.8) is 0 Å². The summed E-state index contributed by atoms with van der Waals surface area (Å²) in [6.07, 6.45) is 1.34. The van der Waals surface area contributed by atoms with Gasteiger partial charge in [-0.1, -0.05) is 0 Å². The van der Waals surface area contributed by atoms with E-state index in [9.17, 15) is 9.59 Å². The highest BCUT2D eigenvalue weighted by atomic mass is 16.6. The molecule has 0 aromatic rings. The Bertz CT molecular complexity index is 364. The smallest absolute Gasteiger partial charge is 0.410 e. The maximum atomic E-state index is 11.9. The molecule has 0 bridgehead atoms. The highest BCUT2D eigenvalue weighted by Gasteiger charge is 2.43. The summed E-state index contributed by atoms with van der Waals surface area (Å²) in [7, 11) is 0. The molecule has 0 saturated carbocycles. The molecule has 2 heterocycles. The van der Waals surface area contributed by atoms with Crippen LogP contribution in [0.5, 0.6) is 0 Å². The average molecular weight is 255 g/mol. The summed E-state index contributed by atoms with van der Waals surface area (Å²) in [5.41, 5.74) is -0.747. The van der Waals surface area contributed by atoms with Gasteiger partial charge >= 0.3 is 12.1 Å². The number of nitrogens with zero attached hydrogens (tertiary/aromatic N) is 1. The third-order valence-electron chi connectivity index (χ3n) is 3.27. The molecule has 0 aromatic heterocycles. The first-order valence-electron chi connectivity index (χ1n) is 6.34. The van der Waals surface area contributed by atoms with Crippen molar-refractivity contribution < 1.29 is 14.3 Å². The van der Waals surface area contributed by atoms with Crippen LogP contribution >= 0.6 is 0 Å². The van der Waals surface area contributed by atoms with Crippen molar-refractivity contribution >= 4 is 12.1 Å². The van der Waals surface area contributed by atoms with E-state index in [2.05, 4.69) is 10.6 Å². The first kappa shape index (κ1) is 13.0. The molecular weight excluding hydrogens is 234 g/mol. The van der Waals surface area contributed by atoms with Gasteiger partial charge in [0.2, 0.25) is 0 Å². The number of amides is 3. The van der Waals surface area contributed by atoms with Crippen LogP contribution in [0.2, 0.25) is 0 Å². The van der Waals surface area contributed by atoms with Crippen LogP contribution in [0.4, 0.5) is 9.59 Å². The van der Waals surface area contributed by atoms with Gasteiger partial charge in [-0.3, -0.25) is 0 Å². The largest absolute Gasteiger partial charge is 0.444 e. The number of hydrogen-bond acceptors (Lipinski definition) is 3. The second-order valence-corrected chi connectivity index (χ2v) is 6.06. The van der Waals surface area contributed by atoms with Crippen LogP contribution < -0.4 is 10.6 Å². The first-order chi connectivity index (χ1) is 8.30. The number of rotatable bonds is 0. The molecule has 2 saturated heterocycles. The molecule has 2 N–H and O–H groups in total. The van der Waals surface area contributed by atoms with E-state index in [0.29, 0.717) is 19.6 Å². The van der Waals surface area contributed by atoms with Gasteiger partial charge in [-0.15, -0.1) is 0 Å². The summed E-state index contributed by atoms with van der Waals surface area (Å²) < 4.78 is 5.34. The van der Waals surface area contributed by atoms with Gasteiger partial charge < -0.3 is 20.3 Å². The lowest BCUT2D eigenvalue weighted by Gasteiger charge is -2.34. The lowest BCUT2D eigenvalue weighted by Crippen LogP contribution is -2.59. The number of hydrogen-bond donors (Lipinski definition) is 2. The van der Waals surface area contributed by atoms with E-state index in [4.69, 9.17) is 4.74 Å². The Balaban J connectivity index is 1.95. The molecule has 18 heavy (non-hydrogen) atoms. The molecule has 1 unspecified atom stereocenters. The predicted molar refractivity (Wildman–Crippen MR) is 66.3 cm³/mol. The minimum absolute atomic E-state index is 0.146. The topological polar surface area (TPSA) is 70.7 Å². The van der Waals surface area contributed by atoms with Gasteiger partial charge in [0.1, 0.15) is 5.60 Å². The van der Waals surface area contributed by atoms with Crippen LogP contribution in [0.25, 0.3) is 0 Å². The number of urea groups is 1. The number of likely N-dealkylation sites (tertiary alicyclic amines) is 1. The molecule has 6 nitrogen and oxygen atoms in total. The van der Waals surface area contributed by atoms with E-state index in [1.54, 1.807) is 4.90 Å². The molecule has 0 aromatic carbocycles. The zero-order chi connectivity index (χ0) is 13.4. The molecule has 0 aliphatic carbocycles. The van der Waals surface area contributed by atoms with E-state index < -0.39 is 5.60 Å². The van der Waals surface area contributed by atoms with Crippen molar-refractivity contribution in [2.24, 2.45) is 0 Å². The van der Waals surface area contributed by atoms with Crippen molar-refractivity contribution in [2.45, 2.75) is 44.8 Å². The maximum Gasteiger partial charge on any atom is 0.410 e. The number of ether oxygens (including phenoxy) is 1. The van der Waals surface area contributed by atoms with Gasteiger partial charge in [0.15, 0.2) is 0 Å². The van der Waals surface area contributed by atoms with Gasteiger partial charge in [-0.05, 0) is 33.6 Å². The van der Waals surface area contributed by atoms with E-state index in [-0.39, 0.29) is 17.7 Å². The van der Waals surface area contributed by atoms with Crippen molar-refractivity contribution in [2.75, 3.05) is 19.6 Å². The summed E-state index contributed by atoms with van der Waals surface area (Å²) >= 11 is 0. The zero-order valence-electron chi connectivity index (χ0n) is 11.2. The lowest BCUT2D eigenvalue weighted by molar-refractivity contribution is 0.0278. The van der Waals surface area contributed by atoms with E-state index in [1.807, 2.05) is 20.8 Å². The van der Waals surface area contributed by atoms with Crippen LogP contribution in [-0.4, -0.2) is 47.8 Å². The number of carbonyl (C=O) groups is 2. The molecule has 102 valence electrons. The summed E-state index contributed by atoms with van der Waals surface area (Å²) in [4.78, 5) is 25.0. The van der Waals surface area contributed by atoms with Crippen molar-refractivity contribution in [3.8, 4) is 0 Å². The van der Waals surface area contributed by atoms with E-state index in [0.717, 1.165) is 12.8 Å². The van der Waals surface area contributed by atoms with Crippen molar-refractivity contribution in [3.05, 3.63) is 0 Å². The summed E-state index contributed by atoms with van der Waals surface area (Å²) in [6.45, 7) is 7.38. The van der Waals surface area contributed by atoms with Gasteiger partial charge in [-0.2, -0.15) is 0 Å². The molecule has 3 amide bonds. The van der Waals surface area contributed by atoms with Gasteiger partial charge in [0.05, 0.1) is 5.54 Å². The van der Waals surface area contributed by atoms with E-state index >= 15 is 0 Å². The molecule has 2 aliphatic heterocycles. The third-order valence-corrected chi connectivity index (χ3v) is 3.27. The summed E-state index contributed by atoms with van der Waals surface area (Å²) in [5, 5.41) is 5.67. The fourth-order valence-electron chi connectivity index (χ4n) is 2.42. The Kier molecular flexibility index (Phi) is 3.12. The van der Waals surface area contributed by atoms with Gasteiger partial charge in [-0.25, -0.2) is 9.59 Å². The lowest BCUT2D eigenvalue weighted by atomic mass is 9.93. The quantitative estimate of drug-likeness (QED) is 0.680. The Morgan fingerprint density at radius 1 is 1.39 bits per heavy atom. The fraction of sp³-hybridized carbons (Fsp3) is 0.833. The normalized spacial score (nSPS) is 27.9. The second kappa shape index (κ2) is 4.33. The Hall–Kier alpha value is -1.46. The predicted octanol–water partition coefficient (Wildman–Crippen LogP) is 1.07. The highest BCUT2D eigenvalue weighted by molar-refractivity contribution is 5.76. The molecule has 1 spiro atoms. The zero-order valence-corrected chi connectivity index (χ0v) is 11.2. The summed E-state index contributed by atoms with van der Waals surface area (Å²) in [5.74, 6) is 0. The minimum Gasteiger partial charge on any atom is -0.444 e. The standard InChI is InChI=1S/C12H21N3O3/c1-11(2,3)18-10(17)15-7-5-12(8-15)4-6-13-9(16)14-12/h4-8H2,1-3H3,(H2,13,14,16). The van der Waals surface area contributed by atoms with Crippen LogP contribution in [-0.2, 0) is 4.74 Å². The first-order valence-corrected chi connectivity index (χ1v) is 6.34. The second-order valence-electron chi connectivity index (χ2n) is 6.06. The van der Waals surface area contributed by atoms with E-state index in [1.165, 1.54) is 0 Å². The van der Waals surface area contributed by atoms with Crippen LogP contribution in [0.1, 0.15) is 33.6 Å². The molecular formula is C12H21N3O3. The molecule has 0 radical (unpaired) electrons. The fourth-order valence-corrected chi connectivity index (χ4v) is 2.42. The Morgan fingerprint density at radius 3 is 2.72 bits per heavy atom. The highest BCUT2D eigenvalue weighted by Crippen LogP contribution is 2.27. The Morgan fingerprint density at radius 2 is 2.11 bits per heavy atom. The van der Waals surface area contributed by atoms with Gasteiger partial charge in [0, 0.05) is 19.6 Å². The summed E-state index contributed by atoms with van der Waals surface area (Å²) in [6, 6.07) is -0.146. The maximum absolute atomic E-state index is 11.9. The molecule has 1 atom stereocenters.